The van der Waals surface area contributed by atoms with Crippen molar-refractivity contribution in [1.82, 2.24) is 4.98 Å². The van der Waals surface area contributed by atoms with E-state index < -0.39 is 0 Å². The number of nitrogens with two attached hydrogens (primary N) is 1. The van der Waals surface area contributed by atoms with E-state index in [4.69, 9.17) is 5.73 Å². The van der Waals surface area contributed by atoms with Gasteiger partial charge in [-0.3, -0.25) is 0 Å². The van der Waals surface area contributed by atoms with Crippen molar-refractivity contribution in [1.29, 1.82) is 0 Å². The Labute approximate surface area is 108 Å². The van der Waals surface area contributed by atoms with Crippen molar-refractivity contribution >= 4 is 27.3 Å². The maximum absolute atomic E-state index is 5.81. The molecule has 0 spiro atoms. The van der Waals surface area contributed by atoms with E-state index in [1.54, 1.807) is 11.3 Å². The van der Waals surface area contributed by atoms with Gasteiger partial charge in [0.25, 0.3) is 0 Å². The van der Waals surface area contributed by atoms with Crippen LogP contribution in [0.4, 0.5) is 0 Å². The molecule has 0 saturated carbocycles. The second-order valence-electron chi connectivity index (χ2n) is 3.60. The summed E-state index contributed by atoms with van der Waals surface area (Å²) in [5.41, 5.74) is 7.10. The van der Waals surface area contributed by atoms with Gasteiger partial charge in [-0.25, -0.2) is 4.98 Å². The lowest BCUT2D eigenvalue weighted by Gasteiger charge is -2.12. The van der Waals surface area contributed by atoms with Gasteiger partial charge in [0.05, 0.1) is 5.01 Å². The molecule has 1 heterocycles. The third kappa shape index (κ3) is 2.70. The van der Waals surface area contributed by atoms with Crippen LogP contribution in [0.15, 0.2) is 40.3 Å². The molecular weight excluding hydrogens is 284 g/mol. The van der Waals surface area contributed by atoms with Crippen molar-refractivity contribution in [3.63, 3.8) is 0 Å². The highest BCUT2D eigenvalue weighted by atomic mass is 79.9. The van der Waals surface area contributed by atoms with Crippen molar-refractivity contribution in [2.45, 2.75) is 12.3 Å². The number of aromatic nitrogens is 1. The van der Waals surface area contributed by atoms with E-state index in [-0.39, 0.29) is 0 Å². The fourth-order valence-corrected chi connectivity index (χ4v) is 2.84. The van der Waals surface area contributed by atoms with E-state index in [0.29, 0.717) is 12.5 Å². The molecule has 0 aliphatic rings. The van der Waals surface area contributed by atoms with Gasteiger partial charge >= 0.3 is 0 Å². The molecule has 84 valence electrons. The van der Waals surface area contributed by atoms with E-state index in [1.807, 2.05) is 17.6 Å². The predicted octanol–water partition coefficient (Wildman–Crippen LogP) is 3.19. The molecule has 0 amide bonds. The van der Waals surface area contributed by atoms with E-state index >= 15 is 0 Å². The zero-order valence-corrected chi connectivity index (χ0v) is 11.2. The summed E-state index contributed by atoms with van der Waals surface area (Å²) in [6.45, 7) is 0.634. The molecule has 2 rings (SSSR count). The standard InChI is InChI=1S/C12H13BrN2S/c13-11-4-2-1-3-9(11)7-10(8-14)12-15-5-6-16-12/h1-6,10H,7-8,14H2. The Morgan fingerprint density at radius 3 is 2.81 bits per heavy atom. The van der Waals surface area contributed by atoms with Gasteiger partial charge in [-0.05, 0) is 18.1 Å². The summed E-state index contributed by atoms with van der Waals surface area (Å²) >= 11 is 5.23. The summed E-state index contributed by atoms with van der Waals surface area (Å²) in [6, 6.07) is 8.26. The highest BCUT2D eigenvalue weighted by Crippen LogP contribution is 2.25. The maximum atomic E-state index is 5.81. The summed E-state index contributed by atoms with van der Waals surface area (Å²) in [6.07, 6.45) is 2.77. The molecule has 1 atom stereocenters. The third-order valence-electron chi connectivity index (χ3n) is 2.51. The van der Waals surface area contributed by atoms with Crippen LogP contribution < -0.4 is 5.73 Å². The van der Waals surface area contributed by atoms with E-state index in [9.17, 15) is 0 Å². The van der Waals surface area contributed by atoms with Crippen LogP contribution in [0.25, 0.3) is 0 Å². The number of rotatable bonds is 4. The highest BCUT2D eigenvalue weighted by molar-refractivity contribution is 9.10. The van der Waals surface area contributed by atoms with Gasteiger partial charge in [0.1, 0.15) is 0 Å². The van der Waals surface area contributed by atoms with Crippen LogP contribution in [-0.2, 0) is 6.42 Å². The molecule has 1 aromatic heterocycles. The molecule has 1 aromatic carbocycles. The first-order chi connectivity index (χ1) is 7.81. The lowest BCUT2D eigenvalue weighted by Crippen LogP contribution is -2.15. The van der Waals surface area contributed by atoms with Gasteiger partial charge in [-0.2, -0.15) is 0 Å². The normalized spacial score (nSPS) is 12.6. The Morgan fingerprint density at radius 2 is 2.19 bits per heavy atom. The Kier molecular flexibility index (Phi) is 4.09. The first-order valence-corrected chi connectivity index (χ1v) is 6.81. The monoisotopic (exact) mass is 296 g/mol. The molecule has 0 aliphatic carbocycles. The quantitative estimate of drug-likeness (QED) is 0.941. The lowest BCUT2D eigenvalue weighted by atomic mass is 10.0. The van der Waals surface area contributed by atoms with E-state index in [2.05, 4.69) is 39.1 Å². The van der Waals surface area contributed by atoms with Gasteiger partial charge in [-0.15, -0.1) is 11.3 Å². The van der Waals surface area contributed by atoms with Gasteiger partial charge in [0.15, 0.2) is 0 Å². The molecule has 0 saturated heterocycles. The maximum Gasteiger partial charge on any atom is 0.0971 e. The molecule has 0 bridgehead atoms. The minimum Gasteiger partial charge on any atom is -0.330 e. The summed E-state index contributed by atoms with van der Waals surface area (Å²) < 4.78 is 1.14. The van der Waals surface area contributed by atoms with Crippen molar-refractivity contribution in [3.8, 4) is 0 Å². The van der Waals surface area contributed by atoms with E-state index in [0.717, 1.165) is 15.9 Å². The summed E-state index contributed by atoms with van der Waals surface area (Å²) in [5.74, 6) is 0.318. The van der Waals surface area contributed by atoms with Gasteiger partial charge in [0.2, 0.25) is 0 Å². The van der Waals surface area contributed by atoms with Crippen molar-refractivity contribution in [2.24, 2.45) is 5.73 Å². The number of benzene rings is 1. The number of thiazole rings is 1. The number of hydrogen-bond donors (Lipinski definition) is 1. The van der Waals surface area contributed by atoms with Crippen LogP contribution in [0.1, 0.15) is 16.5 Å². The summed E-state index contributed by atoms with van der Waals surface area (Å²) in [7, 11) is 0. The zero-order chi connectivity index (χ0) is 11.4. The molecule has 2 aromatic rings. The van der Waals surface area contributed by atoms with Crippen LogP contribution in [0, 0.1) is 0 Å². The molecular formula is C12H13BrN2S. The molecule has 2 N–H and O–H groups in total. The largest absolute Gasteiger partial charge is 0.330 e. The minimum atomic E-state index is 0.318. The third-order valence-corrected chi connectivity index (χ3v) is 4.22. The van der Waals surface area contributed by atoms with Gasteiger partial charge < -0.3 is 5.73 Å². The molecule has 1 unspecified atom stereocenters. The van der Waals surface area contributed by atoms with Crippen molar-refractivity contribution < 1.29 is 0 Å². The van der Waals surface area contributed by atoms with Crippen molar-refractivity contribution in [3.05, 3.63) is 50.9 Å². The molecule has 16 heavy (non-hydrogen) atoms. The second kappa shape index (κ2) is 5.57. The Balaban J connectivity index is 2.17. The molecule has 0 fully saturated rings. The van der Waals surface area contributed by atoms with Gasteiger partial charge in [0, 0.05) is 28.5 Å². The Hall–Kier alpha value is -0.710. The minimum absolute atomic E-state index is 0.318. The van der Waals surface area contributed by atoms with Crippen LogP contribution >= 0.6 is 27.3 Å². The lowest BCUT2D eigenvalue weighted by molar-refractivity contribution is 0.687. The fraction of sp³-hybridized carbons (Fsp3) is 0.250. The average Bonchev–Trinajstić information content (AvgIpc) is 2.81. The molecule has 4 heteroatoms. The van der Waals surface area contributed by atoms with Crippen molar-refractivity contribution in [2.75, 3.05) is 6.54 Å². The first kappa shape index (κ1) is 11.8. The van der Waals surface area contributed by atoms with Crippen LogP contribution in [0.3, 0.4) is 0 Å². The smallest absolute Gasteiger partial charge is 0.0971 e. The number of nitrogens with zero attached hydrogens (tertiary/aromatic N) is 1. The zero-order valence-electron chi connectivity index (χ0n) is 8.77. The topological polar surface area (TPSA) is 38.9 Å². The predicted molar refractivity (Wildman–Crippen MR) is 71.8 cm³/mol. The van der Waals surface area contributed by atoms with Crippen LogP contribution in [0.5, 0.6) is 0 Å². The number of hydrogen-bond acceptors (Lipinski definition) is 3. The number of halogens is 1. The highest BCUT2D eigenvalue weighted by Gasteiger charge is 2.14. The van der Waals surface area contributed by atoms with Gasteiger partial charge in [-0.1, -0.05) is 34.1 Å². The van der Waals surface area contributed by atoms with Crippen LogP contribution in [0.2, 0.25) is 0 Å². The van der Waals surface area contributed by atoms with Crippen LogP contribution in [-0.4, -0.2) is 11.5 Å². The van der Waals surface area contributed by atoms with E-state index in [1.165, 1.54) is 5.56 Å². The molecule has 0 aliphatic heterocycles. The summed E-state index contributed by atoms with van der Waals surface area (Å²) in [4.78, 5) is 4.34. The SMILES string of the molecule is NCC(Cc1ccccc1Br)c1nccs1. The Morgan fingerprint density at radius 1 is 1.38 bits per heavy atom. The molecule has 2 nitrogen and oxygen atoms in total. The average molecular weight is 297 g/mol. The summed E-state index contributed by atoms with van der Waals surface area (Å²) in [5, 5.41) is 3.12. The fourth-order valence-electron chi connectivity index (χ4n) is 1.64. The Bertz CT molecular complexity index is 442. The first-order valence-electron chi connectivity index (χ1n) is 5.14. The second-order valence-corrected chi connectivity index (χ2v) is 5.38. The molecule has 0 radical (unpaired) electrons.